The van der Waals surface area contributed by atoms with E-state index in [0.29, 0.717) is 120 Å². The molecule has 0 radical (unpaired) electrons. The number of furan rings is 1. The molecule has 2 aliphatic heterocycles. The molecule has 21 nitrogen and oxygen atoms in total. The first-order chi connectivity index (χ1) is 41.7. The number of rotatable bonds is 25. The number of aromatic carboxylic acids is 2. The second-order valence-electron chi connectivity index (χ2n) is 19.3. The summed E-state index contributed by atoms with van der Waals surface area (Å²) >= 11 is 0. The average Bonchev–Trinajstić information content (AvgIpc) is 2.48. The number of nitrogens with zero attached hydrogens (tertiary/aromatic N) is 1. The summed E-state index contributed by atoms with van der Waals surface area (Å²) in [5.74, 6) is 0.941. The van der Waals surface area contributed by atoms with Crippen LogP contribution < -0.4 is 51.9 Å². The van der Waals surface area contributed by atoms with Crippen LogP contribution in [-0.2, 0) is 42.2 Å². The quantitative estimate of drug-likeness (QED) is 0.0263. The molecule has 2 aromatic heterocycles. The second kappa shape index (κ2) is 27.5. The van der Waals surface area contributed by atoms with Crippen molar-refractivity contribution in [2.24, 2.45) is 0 Å². The minimum atomic E-state index is -1.14. The van der Waals surface area contributed by atoms with Gasteiger partial charge in [-0.25, -0.2) is 28.7 Å². The lowest BCUT2D eigenvalue weighted by Gasteiger charge is -2.14. The summed E-state index contributed by atoms with van der Waals surface area (Å²) in [5.41, 5.74) is 5.81. The van der Waals surface area contributed by atoms with Crippen molar-refractivity contribution >= 4 is 36.0 Å². The van der Waals surface area contributed by atoms with Crippen molar-refractivity contribution in [1.29, 1.82) is 0 Å². The SMILES string of the molecule is CCCC[n+]1c[nH]c(/C=C(\Cc2cc3c(cc2OC)OCO3)C(=O)O)c1-c1ccc(OC)cc1OCc1ccccc1C(=O)O.COc1ccc(-c2ccoc2/C=C(\Cc2cc3c(cc2OC)OCO3)C(=O)O)c(OCc2ccccc2C(=O)O)c1. The Kier molecular flexibility index (Phi) is 19.1. The number of H-pyrrole nitrogens is 1. The van der Waals surface area contributed by atoms with E-state index in [4.69, 9.17) is 51.8 Å². The lowest BCUT2D eigenvalue weighted by atomic mass is 9.99. The number of aliphatic carboxylic acids is 2. The van der Waals surface area contributed by atoms with Crippen LogP contribution in [0.25, 0.3) is 34.5 Å². The molecule has 0 saturated carbocycles. The van der Waals surface area contributed by atoms with Crippen molar-refractivity contribution in [1.82, 2.24) is 4.98 Å². The molecule has 5 N–H and O–H groups in total. The second-order valence-corrected chi connectivity index (χ2v) is 19.3. The Morgan fingerprint density at radius 2 is 1.03 bits per heavy atom. The van der Waals surface area contributed by atoms with E-state index in [1.54, 1.807) is 110 Å². The summed E-state index contributed by atoms with van der Waals surface area (Å²) in [6, 6.07) is 32.3. The number of benzene rings is 6. The van der Waals surface area contributed by atoms with Crippen LogP contribution in [0.3, 0.4) is 0 Å². The number of aromatic nitrogens is 2. The maximum Gasteiger partial charge on any atom is 0.336 e. The number of nitrogens with one attached hydrogen (secondary N) is 1. The highest BCUT2D eigenvalue weighted by atomic mass is 16.7. The molecule has 444 valence electrons. The molecule has 21 heteroatoms. The lowest BCUT2D eigenvalue weighted by molar-refractivity contribution is -0.685. The summed E-state index contributed by atoms with van der Waals surface area (Å²) in [5, 5.41) is 39.5. The number of fused-ring (bicyclic) bond motifs is 2. The molecule has 0 atom stereocenters. The predicted octanol–water partition coefficient (Wildman–Crippen LogP) is 11.2. The van der Waals surface area contributed by atoms with Crippen molar-refractivity contribution < 1.29 is 96.0 Å². The van der Waals surface area contributed by atoms with Gasteiger partial charge in [-0.15, -0.1) is 0 Å². The largest absolute Gasteiger partial charge is 0.497 e. The van der Waals surface area contributed by atoms with E-state index < -0.39 is 23.9 Å². The van der Waals surface area contributed by atoms with Gasteiger partial charge in [-0.1, -0.05) is 49.7 Å². The first kappa shape index (κ1) is 59.8. The first-order valence-electron chi connectivity index (χ1n) is 26.9. The van der Waals surface area contributed by atoms with Gasteiger partial charge in [0.15, 0.2) is 34.4 Å². The Morgan fingerprint density at radius 3 is 1.52 bits per heavy atom. The van der Waals surface area contributed by atoms with Gasteiger partial charge >= 0.3 is 23.9 Å². The Morgan fingerprint density at radius 1 is 0.547 bits per heavy atom. The molecular formula is C65H61N2O19+. The number of carbonyl (C=O) groups is 4. The molecule has 0 spiro atoms. The number of imidazole rings is 1. The molecule has 4 heterocycles. The maximum atomic E-state index is 12.6. The predicted molar refractivity (Wildman–Crippen MR) is 311 cm³/mol. The number of hydrogen-bond donors (Lipinski definition) is 5. The molecule has 0 aliphatic carbocycles. The number of unbranched alkanes of at least 4 members (excludes halogenated alkanes) is 1. The van der Waals surface area contributed by atoms with Crippen molar-refractivity contribution in [3.8, 4) is 79.9 Å². The summed E-state index contributed by atoms with van der Waals surface area (Å²) in [4.78, 5) is 51.6. The van der Waals surface area contributed by atoms with Crippen molar-refractivity contribution in [3.63, 3.8) is 0 Å². The van der Waals surface area contributed by atoms with Gasteiger partial charge in [0.05, 0.1) is 57.9 Å². The van der Waals surface area contributed by atoms with Gasteiger partial charge in [-0.2, -0.15) is 0 Å². The molecule has 86 heavy (non-hydrogen) atoms. The average molecular weight is 1170 g/mol. The van der Waals surface area contributed by atoms with Crippen LogP contribution in [0, 0.1) is 0 Å². The summed E-state index contributed by atoms with van der Waals surface area (Å²) < 4.78 is 63.7. The topological polar surface area (TPSA) is 274 Å². The van der Waals surface area contributed by atoms with Gasteiger partial charge in [-0.05, 0) is 67.1 Å². The number of aromatic amines is 1. The molecule has 0 bridgehead atoms. The van der Waals surface area contributed by atoms with E-state index in [0.717, 1.165) is 12.8 Å². The van der Waals surface area contributed by atoms with E-state index >= 15 is 0 Å². The van der Waals surface area contributed by atoms with Crippen molar-refractivity contribution in [3.05, 3.63) is 184 Å². The fourth-order valence-electron chi connectivity index (χ4n) is 9.65. The summed E-state index contributed by atoms with van der Waals surface area (Å²) in [6.07, 6.45) is 8.24. The Labute approximate surface area is 493 Å². The molecule has 2 aliphatic rings. The number of carboxylic acid groups (broad SMARTS) is 4. The van der Waals surface area contributed by atoms with Crippen LogP contribution in [0.5, 0.6) is 57.5 Å². The number of ether oxygens (including phenoxy) is 10. The fraction of sp³-hybridized carbons (Fsp3) is 0.215. The summed E-state index contributed by atoms with van der Waals surface area (Å²) in [6.45, 7) is 2.90. The van der Waals surface area contributed by atoms with Crippen molar-refractivity contribution in [2.45, 2.75) is 52.4 Å². The zero-order valence-corrected chi connectivity index (χ0v) is 47.5. The highest BCUT2D eigenvalue weighted by Crippen LogP contribution is 2.43. The third kappa shape index (κ3) is 13.8. The Bertz CT molecular complexity index is 3870. The van der Waals surface area contributed by atoms with Gasteiger partial charge in [0.2, 0.25) is 19.9 Å². The van der Waals surface area contributed by atoms with Gasteiger partial charge in [0.1, 0.15) is 53.5 Å². The van der Waals surface area contributed by atoms with Gasteiger partial charge in [0.25, 0.3) is 0 Å². The fourth-order valence-corrected chi connectivity index (χ4v) is 9.65. The molecule has 0 unspecified atom stereocenters. The van der Waals surface area contributed by atoms with Gasteiger partial charge < -0.3 is 72.2 Å². The number of hydrogen-bond acceptors (Lipinski definition) is 15. The minimum absolute atomic E-state index is 0.00250. The van der Waals surface area contributed by atoms with Crippen LogP contribution in [0.4, 0.5) is 0 Å². The molecule has 6 aromatic carbocycles. The lowest BCUT2D eigenvalue weighted by Crippen LogP contribution is -2.34. The molecule has 0 fully saturated rings. The molecule has 0 saturated heterocycles. The maximum absolute atomic E-state index is 12.6. The summed E-state index contributed by atoms with van der Waals surface area (Å²) in [7, 11) is 6.09. The van der Waals surface area contributed by atoms with Crippen LogP contribution in [-0.4, -0.2) is 91.3 Å². The van der Waals surface area contributed by atoms with E-state index in [9.17, 15) is 39.6 Å². The monoisotopic (exact) mass is 1170 g/mol. The zero-order valence-electron chi connectivity index (χ0n) is 47.5. The first-order valence-corrected chi connectivity index (χ1v) is 26.9. The minimum Gasteiger partial charge on any atom is -0.497 e. The Hall–Kier alpha value is -10.8. The third-order valence-corrected chi connectivity index (χ3v) is 14.0. The third-order valence-electron chi connectivity index (χ3n) is 14.0. The van der Waals surface area contributed by atoms with Gasteiger partial charge in [-0.3, -0.25) is 0 Å². The van der Waals surface area contributed by atoms with E-state index in [2.05, 4.69) is 11.9 Å². The molecular weight excluding hydrogens is 1110 g/mol. The zero-order chi connectivity index (χ0) is 60.9. The number of carboxylic acids is 4. The highest BCUT2D eigenvalue weighted by Gasteiger charge is 2.28. The van der Waals surface area contributed by atoms with E-state index in [1.165, 1.54) is 45.8 Å². The molecule has 10 rings (SSSR count). The van der Waals surface area contributed by atoms with Gasteiger partial charge in [0, 0.05) is 87.7 Å². The van der Waals surface area contributed by atoms with Crippen molar-refractivity contribution in [2.75, 3.05) is 42.0 Å². The van der Waals surface area contributed by atoms with E-state index in [1.807, 2.05) is 17.0 Å². The van der Waals surface area contributed by atoms with Crippen LogP contribution in [0.2, 0.25) is 0 Å². The number of aryl methyl sites for hydroxylation is 1. The molecule has 8 aromatic rings. The molecule has 0 amide bonds. The van der Waals surface area contributed by atoms with Crippen LogP contribution in [0.1, 0.15) is 74.2 Å². The Balaban J connectivity index is 0.000000206. The normalized spacial score (nSPS) is 12.2. The number of methoxy groups -OCH3 is 4. The van der Waals surface area contributed by atoms with Crippen LogP contribution in [0.15, 0.2) is 143 Å². The highest BCUT2D eigenvalue weighted by molar-refractivity contribution is 5.95. The standard InChI is InChI=1S/C34H34N2O9.C31H26O10/c1-4-5-12-36-19-35-27(14-23(33(37)38)13-22-15-30-31(45-20-44-30)17-28(22)42-3)32(36)26-11-10-24(41-2)16-29(26)43-18-21-8-6-7-9-25(21)34(39)40;1-36-21-7-8-23(27(14-21)39-16-18-5-3-4-6-22(18)31(34)35)24-9-10-38-26(24)13-20(30(32)33)11-19-12-28-29(41-17-40-28)15-25(19)37-2/h6-11,14-17,19H,4-5,12-13,18,20H2,1-3H3,(H2,37,38,39,40);3-10,12-15H,11,16-17H2,1-2H3,(H,32,33)(H,34,35)/p+1/b23-14+;20-13+. The van der Waals surface area contributed by atoms with E-state index in [-0.39, 0.29) is 61.9 Å². The smallest absolute Gasteiger partial charge is 0.336 e. The van der Waals surface area contributed by atoms with Crippen LogP contribution >= 0.6 is 0 Å².